The number of hydrogen-bond acceptors (Lipinski definition) is 3. The van der Waals surface area contributed by atoms with Gasteiger partial charge in [0.2, 0.25) is 6.73 Å². The van der Waals surface area contributed by atoms with Crippen molar-refractivity contribution >= 4 is 11.0 Å². The predicted molar refractivity (Wildman–Crippen MR) is 142 cm³/mol. The zero-order valence-corrected chi connectivity index (χ0v) is 20.2. The van der Waals surface area contributed by atoms with E-state index in [1.165, 1.54) is 16.0 Å². The maximum Gasteiger partial charge on any atom is 0.336 e. The molecule has 36 heavy (non-hydrogen) atoms. The molecule has 0 radical (unpaired) electrons. The molecular weight excluding hydrogens is 446 g/mol. The topological polar surface area (TPSA) is 43.9 Å². The van der Waals surface area contributed by atoms with Gasteiger partial charge in [-0.25, -0.2) is 4.79 Å². The van der Waals surface area contributed by atoms with Crippen LogP contribution in [0.2, 0.25) is 0 Å². The number of quaternary nitrogens is 1. The fourth-order valence-electron chi connectivity index (χ4n) is 5.41. The fourth-order valence-corrected chi connectivity index (χ4v) is 5.41. The van der Waals surface area contributed by atoms with Gasteiger partial charge in [0.15, 0.2) is 0 Å². The fraction of sp³-hybridized carbons (Fsp3) is 0.156. The average molecular weight is 475 g/mol. The van der Waals surface area contributed by atoms with Crippen molar-refractivity contribution < 1.29 is 14.1 Å². The first kappa shape index (κ1) is 22.3. The van der Waals surface area contributed by atoms with Crippen LogP contribution in [0.15, 0.2) is 112 Å². The van der Waals surface area contributed by atoms with E-state index in [0.29, 0.717) is 12.3 Å². The summed E-state index contributed by atoms with van der Waals surface area (Å²) in [6, 6.07) is 35.2. The number of benzene rings is 4. The number of ether oxygens (including phenoxy) is 1. The molecule has 5 aromatic rings. The highest BCUT2D eigenvalue weighted by Crippen LogP contribution is 2.36. The summed E-state index contributed by atoms with van der Waals surface area (Å²) in [6.07, 6.45) is 0. The second-order valence-corrected chi connectivity index (χ2v) is 9.51. The van der Waals surface area contributed by atoms with Gasteiger partial charge in [-0.05, 0) is 35.2 Å². The minimum atomic E-state index is -0.346. The summed E-state index contributed by atoms with van der Waals surface area (Å²) in [7, 11) is 0. The average Bonchev–Trinajstić information content (AvgIpc) is 2.93. The minimum absolute atomic E-state index is 0.270. The second-order valence-electron chi connectivity index (χ2n) is 9.51. The lowest BCUT2D eigenvalue weighted by Gasteiger charge is -2.30. The Labute approximate surface area is 210 Å². The SMILES string of the molecule is Cc1c2c(cc3c(-c4ccccc4)cc(=O)oc13)C[NH+](CC(c1ccccc1)c1ccccc1)CO2. The van der Waals surface area contributed by atoms with Crippen LogP contribution in [0.3, 0.4) is 0 Å². The van der Waals surface area contributed by atoms with Crippen molar-refractivity contribution in [2.45, 2.75) is 19.4 Å². The van der Waals surface area contributed by atoms with Crippen LogP contribution in [0.1, 0.15) is 28.2 Å². The summed E-state index contributed by atoms with van der Waals surface area (Å²) in [4.78, 5) is 13.8. The highest BCUT2D eigenvalue weighted by atomic mass is 16.5. The molecule has 0 fully saturated rings. The van der Waals surface area contributed by atoms with E-state index < -0.39 is 0 Å². The van der Waals surface area contributed by atoms with E-state index in [-0.39, 0.29) is 11.5 Å². The summed E-state index contributed by atoms with van der Waals surface area (Å²) in [5.74, 6) is 1.11. The van der Waals surface area contributed by atoms with Crippen molar-refractivity contribution in [3.8, 4) is 16.9 Å². The Balaban J connectivity index is 1.39. The van der Waals surface area contributed by atoms with Crippen LogP contribution in [-0.4, -0.2) is 13.3 Å². The zero-order valence-electron chi connectivity index (χ0n) is 20.2. The molecule has 4 aromatic carbocycles. The lowest BCUT2D eigenvalue weighted by molar-refractivity contribution is -0.933. The third kappa shape index (κ3) is 4.21. The van der Waals surface area contributed by atoms with Crippen molar-refractivity contribution in [1.29, 1.82) is 0 Å². The Morgan fingerprint density at radius 3 is 2.08 bits per heavy atom. The van der Waals surface area contributed by atoms with Crippen molar-refractivity contribution in [2.24, 2.45) is 0 Å². The van der Waals surface area contributed by atoms with Gasteiger partial charge in [0.05, 0.1) is 12.5 Å². The van der Waals surface area contributed by atoms with Gasteiger partial charge in [-0.2, -0.15) is 0 Å². The summed E-state index contributed by atoms with van der Waals surface area (Å²) >= 11 is 0. The molecule has 0 saturated carbocycles. The molecule has 0 saturated heterocycles. The molecule has 178 valence electrons. The molecule has 6 rings (SSSR count). The van der Waals surface area contributed by atoms with E-state index in [2.05, 4.69) is 66.7 Å². The van der Waals surface area contributed by atoms with E-state index in [0.717, 1.165) is 46.5 Å². The van der Waals surface area contributed by atoms with E-state index in [1.54, 1.807) is 6.07 Å². The molecule has 0 amide bonds. The van der Waals surface area contributed by atoms with Crippen LogP contribution in [0.25, 0.3) is 22.1 Å². The molecule has 2 heterocycles. The van der Waals surface area contributed by atoms with Crippen LogP contribution >= 0.6 is 0 Å². The third-order valence-electron chi connectivity index (χ3n) is 7.13. The van der Waals surface area contributed by atoms with Crippen LogP contribution in [0, 0.1) is 6.92 Å². The Kier molecular flexibility index (Phi) is 5.88. The normalized spacial score (nSPS) is 15.0. The number of aryl methyl sites for hydroxylation is 1. The quantitative estimate of drug-likeness (QED) is 0.350. The van der Waals surface area contributed by atoms with Gasteiger partial charge in [-0.1, -0.05) is 91.0 Å². The molecule has 1 aromatic heterocycles. The molecule has 0 bridgehead atoms. The summed E-state index contributed by atoms with van der Waals surface area (Å²) in [6.45, 7) is 4.31. The smallest absolute Gasteiger partial charge is 0.336 e. The van der Waals surface area contributed by atoms with Crippen molar-refractivity contribution in [3.05, 3.63) is 136 Å². The van der Waals surface area contributed by atoms with Crippen molar-refractivity contribution in [3.63, 3.8) is 0 Å². The monoisotopic (exact) mass is 474 g/mol. The van der Waals surface area contributed by atoms with Gasteiger partial charge in [-0.15, -0.1) is 0 Å². The number of hydrogen-bond donors (Lipinski definition) is 1. The minimum Gasteiger partial charge on any atom is -0.444 e. The van der Waals surface area contributed by atoms with Crippen LogP contribution in [-0.2, 0) is 6.54 Å². The van der Waals surface area contributed by atoms with Gasteiger partial charge in [0.25, 0.3) is 0 Å². The van der Waals surface area contributed by atoms with Crippen molar-refractivity contribution in [1.82, 2.24) is 0 Å². The van der Waals surface area contributed by atoms with Crippen LogP contribution < -0.4 is 15.3 Å². The third-order valence-corrected chi connectivity index (χ3v) is 7.13. The first-order valence-corrected chi connectivity index (χ1v) is 12.4. The molecular formula is C32H28NO3+. The Bertz CT molecular complexity index is 1520. The first-order chi connectivity index (χ1) is 17.7. The highest BCUT2D eigenvalue weighted by Gasteiger charge is 2.28. The number of rotatable bonds is 5. The van der Waals surface area contributed by atoms with E-state index in [1.807, 2.05) is 37.3 Å². The van der Waals surface area contributed by atoms with Gasteiger partial charge < -0.3 is 9.15 Å². The number of nitrogens with one attached hydrogen (secondary N) is 1. The largest absolute Gasteiger partial charge is 0.444 e. The van der Waals surface area contributed by atoms with Gasteiger partial charge in [0.1, 0.15) is 17.9 Å². The molecule has 0 aliphatic carbocycles. The maximum atomic E-state index is 12.4. The molecule has 1 N–H and O–H groups in total. The summed E-state index contributed by atoms with van der Waals surface area (Å²) < 4.78 is 12.0. The Morgan fingerprint density at radius 2 is 1.44 bits per heavy atom. The molecule has 1 atom stereocenters. The zero-order chi connectivity index (χ0) is 24.5. The lowest BCUT2D eigenvalue weighted by atomic mass is 9.90. The first-order valence-electron chi connectivity index (χ1n) is 12.4. The molecule has 4 nitrogen and oxygen atoms in total. The number of fused-ring (bicyclic) bond motifs is 2. The van der Waals surface area contributed by atoms with Gasteiger partial charge in [-0.3, -0.25) is 4.90 Å². The standard InChI is InChI=1S/C32H27NO3/c1-22-31-26(17-28-27(18-30(34)36-32(22)28)23-11-5-2-6-12-23)19-33(21-35-31)20-29(24-13-7-3-8-14-24)25-15-9-4-10-16-25/h2-18,29H,19-21H2,1H3/p+1. The second kappa shape index (κ2) is 9.48. The van der Waals surface area contributed by atoms with E-state index >= 15 is 0 Å². The molecule has 1 unspecified atom stereocenters. The Morgan fingerprint density at radius 1 is 0.833 bits per heavy atom. The lowest BCUT2D eigenvalue weighted by Crippen LogP contribution is -3.12. The maximum absolute atomic E-state index is 12.4. The van der Waals surface area contributed by atoms with Crippen molar-refractivity contribution in [2.75, 3.05) is 13.3 Å². The van der Waals surface area contributed by atoms with Gasteiger partial charge in [0, 0.05) is 22.6 Å². The van der Waals surface area contributed by atoms with E-state index in [9.17, 15) is 4.79 Å². The molecule has 4 heteroatoms. The van der Waals surface area contributed by atoms with Gasteiger partial charge >= 0.3 is 5.63 Å². The Hall–Kier alpha value is -4.15. The summed E-state index contributed by atoms with van der Waals surface area (Å²) in [5, 5.41) is 0.949. The van der Waals surface area contributed by atoms with Crippen LogP contribution in [0.4, 0.5) is 0 Å². The molecule has 1 aliphatic heterocycles. The highest BCUT2D eigenvalue weighted by molar-refractivity contribution is 5.96. The van der Waals surface area contributed by atoms with Crippen LogP contribution in [0.5, 0.6) is 5.75 Å². The predicted octanol–water partition coefficient (Wildman–Crippen LogP) is 5.34. The molecule has 1 aliphatic rings. The molecule has 0 spiro atoms. The van der Waals surface area contributed by atoms with E-state index in [4.69, 9.17) is 9.15 Å². The summed E-state index contributed by atoms with van der Waals surface area (Å²) in [5.41, 5.74) is 6.81.